The second kappa shape index (κ2) is 12.5. The maximum absolute atomic E-state index is 12.7. The lowest BCUT2D eigenvalue weighted by atomic mass is 10.2. The highest BCUT2D eigenvalue weighted by Gasteiger charge is 2.22. The molecule has 1 N–H and O–H groups in total. The van der Waals surface area contributed by atoms with Crippen LogP contribution >= 0.6 is 11.6 Å². The summed E-state index contributed by atoms with van der Waals surface area (Å²) in [5.74, 6) is 0.432. The van der Waals surface area contributed by atoms with E-state index >= 15 is 0 Å². The molecule has 0 atom stereocenters. The fourth-order valence-electron chi connectivity index (χ4n) is 3.18. The molecule has 3 rings (SSSR count). The third kappa shape index (κ3) is 7.14. The van der Waals surface area contributed by atoms with Crippen LogP contribution in [0.5, 0.6) is 23.0 Å². The van der Waals surface area contributed by atoms with Gasteiger partial charge in [-0.3, -0.25) is 4.79 Å². The molecule has 1 amide bonds. The van der Waals surface area contributed by atoms with Gasteiger partial charge in [-0.25, -0.2) is 5.43 Å². The van der Waals surface area contributed by atoms with E-state index in [1.807, 2.05) is 20.8 Å². The van der Waals surface area contributed by atoms with Gasteiger partial charge in [0.15, 0.2) is 17.2 Å². The molecule has 0 saturated heterocycles. The van der Waals surface area contributed by atoms with Crippen LogP contribution in [0.1, 0.15) is 35.3 Å². The van der Waals surface area contributed by atoms with Crippen molar-refractivity contribution in [3.05, 3.63) is 76.3 Å². The molecule has 0 heterocycles. The van der Waals surface area contributed by atoms with Gasteiger partial charge in [-0.05, 0) is 68.8 Å². The smallest absolute Gasteiger partial charge is 0.339 e. The third-order valence-corrected chi connectivity index (χ3v) is 6.46. The molecular formula is C26H27ClN2O7S. The van der Waals surface area contributed by atoms with Crippen LogP contribution in [0, 0.1) is 6.92 Å². The molecule has 0 aromatic heterocycles. The minimum atomic E-state index is -4.15. The number of carbonyl (C=O) groups is 1. The number of aryl methyl sites for hydroxylation is 1. The van der Waals surface area contributed by atoms with Crippen LogP contribution in [0.15, 0.2) is 64.6 Å². The van der Waals surface area contributed by atoms with Crippen molar-refractivity contribution >= 4 is 33.8 Å². The van der Waals surface area contributed by atoms with Crippen molar-refractivity contribution in [1.82, 2.24) is 5.43 Å². The van der Waals surface area contributed by atoms with Gasteiger partial charge >= 0.3 is 10.1 Å². The number of hydrogen-bond acceptors (Lipinski definition) is 8. The van der Waals surface area contributed by atoms with Gasteiger partial charge in [-0.1, -0.05) is 29.3 Å². The normalized spacial score (nSPS) is 11.3. The predicted molar refractivity (Wildman–Crippen MR) is 141 cm³/mol. The molecule has 0 spiro atoms. The van der Waals surface area contributed by atoms with Gasteiger partial charge in [0.25, 0.3) is 5.91 Å². The van der Waals surface area contributed by atoms with Gasteiger partial charge < -0.3 is 18.4 Å². The Morgan fingerprint density at radius 1 is 0.973 bits per heavy atom. The molecule has 0 radical (unpaired) electrons. The summed E-state index contributed by atoms with van der Waals surface area (Å²) in [5, 5.41) is 3.94. The number of nitrogens with zero attached hydrogens (tertiary/aromatic N) is 1. The van der Waals surface area contributed by atoms with Crippen molar-refractivity contribution < 1.29 is 31.6 Å². The number of ether oxygens (including phenoxy) is 3. The Bertz CT molecular complexity index is 1390. The lowest BCUT2D eigenvalue weighted by molar-refractivity contribution is 0.0954. The quantitative estimate of drug-likeness (QED) is 0.205. The summed E-state index contributed by atoms with van der Waals surface area (Å²) in [5.41, 5.74) is 4.09. The minimum absolute atomic E-state index is 0.0179. The van der Waals surface area contributed by atoms with E-state index in [2.05, 4.69) is 10.5 Å². The highest BCUT2D eigenvalue weighted by atomic mass is 35.5. The first-order valence-electron chi connectivity index (χ1n) is 11.3. The maximum Gasteiger partial charge on any atom is 0.339 e. The van der Waals surface area contributed by atoms with E-state index in [0.29, 0.717) is 35.8 Å². The summed E-state index contributed by atoms with van der Waals surface area (Å²) < 4.78 is 47.0. The van der Waals surface area contributed by atoms with E-state index in [-0.39, 0.29) is 21.4 Å². The second-order valence-electron chi connectivity index (χ2n) is 7.61. The number of hydrogen-bond donors (Lipinski definition) is 1. The number of halogens is 1. The molecule has 0 aliphatic rings. The largest absolute Gasteiger partial charge is 0.493 e. The molecule has 196 valence electrons. The molecular weight excluding hydrogens is 520 g/mol. The van der Waals surface area contributed by atoms with Crippen LogP contribution < -0.4 is 23.8 Å². The van der Waals surface area contributed by atoms with Gasteiger partial charge in [0, 0.05) is 5.56 Å². The van der Waals surface area contributed by atoms with Gasteiger partial charge in [0.05, 0.1) is 31.6 Å². The second-order valence-corrected chi connectivity index (χ2v) is 9.56. The number of rotatable bonds is 11. The fourth-order valence-corrected chi connectivity index (χ4v) is 4.44. The number of nitrogens with one attached hydrogen (secondary N) is 1. The predicted octanol–water partition coefficient (Wildman–Crippen LogP) is 4.99. The van der Waals surface area contributed by atoms with Crippen LogP contribution in [0.3, 0.4) is 0 Å². The molecule has 0 saturated carbocycles. The van der Waals surface area contributed by atoms with Gasteiger partial charge in [-0.2, -0.15) is 13.5 Å². The van der Waals surface area contributed by atoms with Crippen molar-refractivity contribution in [1.29, 1.82) is 0 Å². The highest BCUT2D eigenvalue weighted by Crippen LogP contribution is 2.38. The lowest BCUT2D eigenvalue weighted by Gasteiger charge is -2.13. The Morgan fingerprint density at radius 2 is 1.65 bits per heavy atom. The Morgan fingerprint density at radius 3 is 2.30 bits per heavy atom. The zero-order valence-corrected chi connectivity index (χ0v) is 22.4. The highest BCUT2D eigenvalue weighted by molar-refractivity contribution is 7.87. The van der Waals surface area contributed by atoms with Crippen LogP contribution in [0.2, 0.25) is 5.02 Å². The SMILES string of the molecule is CCOc1ccc(C(=O)N/N=C/c2cc(Cl)c(OS(=O)(=O)c3ccc(C)cc3)c(OC)c2)cc1OCC. The summed E-state index contributed by atoms with van der Waals surface area (Å²) in [6, 6.07) is 13.9. The van der Waals surface area contributed by atoms with Crippen molar-refractivity contribution in [3.63, 3.8) is 0 Å². The van der Waals surface area contributed by atoms with Crippen molar-refractivity contribution in [2.24, 2.45) is 5.10 Å². The Hall–Kier alpha value is -3.76. The van der Waals surface area contributed by atoms with E-state index in [1.54, 1.807) is 30.3 Å². The number of benzene rings is 3. The minimum Gasteiger partial charge on any atom is -0.493 e. The average Bonchev–Trinajstić information content (AvgIpc) is 2.87. The van der Waals surface area contributed by atoms with Gasteiger partial charge in [0.2, 0.25) is 5.75 Å². The fraction of sp³-hybridized carbons (Fsp3) is 0.231. The molecule has 11 heteroatoms. The van der Waals surface area contributed by atoms with Crippen molar-refractivity contribution in [3.8, 4) is 23.0 Å². The van der Waals surface area contributed by atoms with E-state index in [0.717, 1.165) is 5.56 Å². The molecule has 0 aliphatic carbocycles. The first kappa shape index (κ1) is 27.8. The van der Waals surface area contributed by atoms with Crippen LogP contribution in [-0.4, -0.2) is 40.9 Å². The number of carbonyl (C=O) groups excluding carboxylic acids is 1. The Kier molecular flexibility index (Phi) is 9.37. The number of amides is 1. The Balaban J connectivity index is 1.76. The van der Waals surface area contributed by atoms with Gasteiger partial charge in [-0.15, -0.1) is 0 Å². The van der Waals surface area contributed by atoms with Gasteiger partial charge in [0.1, 0.15) is 4.90 Å². The third-order valence-electron chi connectivity index (χ3n) is 4.94. The monoisotopic (exact) mass is 546 g/mol. The zero-order valence-electron chi connectivity index (χ0n) is 20.8. The van der Waals surface area contributed by atoms with Crippen LogP contribution in [0.4, 0.5) is 0 Å². The molecule has 3 aromatic rings. The molecule has 9 nitrogen and oxygen atoms in total. The summed E-state index contributed by atoms with van der Waals surface area (Å²) in [4.78, 5) is 12.5. The first-order valence-corrected chi connectivity index (χ1v) is 13.1. The number of hydrazone groups is 1. The summed E-state index contributed by atoms with van der Waals surface area (Å²) in [7, 11) is -2.80. The number of methoxy groups -OCH3 is 1. The zero-order chi connectivity index (χ0) is 27.0. The van der Waals surface area contributed by atoms with Crippen molar-refractivity contribution in [2.45, 2.75) is 25.7 Å². The molecule has 37 heavy (non-hydrogen) atoms. The van der Waals surface area contributed by atoms with E-state index in [4.69, 9.17) is 30.0 Å². The lowest BCUT2D eigenvalue weighted by Crippen LogP contribution is -2.17. The molecule has 0 unspecified atom stereocenters. The summed E-state index contributed by atoms with van der Waals surface area (Å²) >= 11 is 6.31. The topological polar surface area (TPSA) is 113 Å². The Labute approximate surface area is 221 Å². The maximum atomic E-state index is 12.7. The standard InChI is InChI=1S/C26H27ClN2O7S/c1-5-34-22-12-9-19(15-23(22)35-6-2)26(30)29-28-16-18-13-21(27)25(24(14-18)33-4)36-37(31,32)20-10-7-17(3)8-11-20/h7-16H,5-6H2,1-4H3,(H,29,30)/b28-16+. The molecule has 0 aliphatic heterocycles. The molecule has 0 bridgehead atoms. The first-order chi connectivity index (χ1) is 17.7. The van der Waals surface area contributed by atoms with E-state index < -0.39 is 16.0 Å². The van der Waals surface area contributed by atoms with E-state index in [9.17, 15) is 13.2 Å². The average molecular weight is 547 g/mol. The molecule has 3 aromatic carbocycles. The summed E-state index contributed by atoms with van der Waals surface area (Å²) in [6.07, 6.45) is 1.34. The van der Waals surface area contributed by atoms with E-state index in [1.165, 1.54) is 37.6 Å². The van der Waals surface area contributed by atoms with Crippen LogP contribution in [0.25, 0.3) is 0 Å². The molecule has 0 fully saturated rings. The van der Waals surface area contributed by atoms with Crippen molar-refractivity contribution in [2.75, 3.05) is 20.3 Å². The summed E-state index contributed by atoms with van der Waals surface area (Å²) in [6.45, 7) is 6.41. The van der Waals surface area contributed by atoms with Crippen LogP contribution in [-0.2, 0) is 10.1 Å².